The van der Waals surface area contributed by atoms with Crippen LogP contribution in [-0.2, 0) is 6.54 Å². The van der Waals surface area contributed by atoms with Gasteiger partial charge in [-0.05, 0) is 37.3 Å². The minimum Gasteiger partial charge on any atom is -0.492 e. The van der Waals surface area contributed by atoms with Crippen LogP contribution in [0.5, 0.6) is 5.75 Å². The van der Waals surface area contributed by atoms with Crippen LogP contribution >= 0.6 is 34.5 Å². The van der Waals surface area contributed by atoms with Crippen LogP contribution in [0.3, 0.4) is 0 Å². The molecule has 0 aliphatic heterocycles. The third-order valence-corrected chi connectivity index (χ3v) is 5.06. The molecule has 1 amide bonds. The molecule has 0 spiro atoms. The summed E-state index contributed by atoms with van der Waals surface area (Å²) in [6, 6.07) is 10.5. The van der Waals surface area contributed by atoms with E-state index in [9.17, 15) is 4.79 Å². The molecule has 0 aliphatic rings. The zero-order chi connectivity index (χ0) is 18.7. The minimum atomic E-state index is -0.406. The van der Waals surface area contributed by atoms with E-state index in [0.29, 0.717) is 33.6 Å². The van der Waals surface area contributed by atoms with Crippen LogP contribution in [0.4, 0.5) is 0 Å². The summed E-state index contributed by atoms with van der Waals surface area (Å²) in [4.78, 5) is 17.5. The Kier molecular flexibility index (Phi) is 5.81. The molecule has 7 heteroatoms. The molecule has 0 unspecified atom stereocenters. The number of fused-ring (bicyclic) bond motifs is 1. The van der Waals surface area contributed by atoms with Crippen LogP contribution in [0, 0.1) is 0 Å². The van der Waals surface area contributed by atoms with E-state index in [1.165, 1.54) is 11.3 Å². The molecule has 134 valence electrons. The van der Waals surface area contributed by atoms with E-state index in [1.54, 1.807) is 24.3 Å². The molecule has 26 heavy (non-hydrogen) atoms. The normalized spacial score (nSPS) is 11.7. The van der Waals surface area contributed by atoms with Crippen LogP contribution in [0.1, 0.15) is 17.3 Å². The Balaban J connectivity index is 2.18. The quantitative estimate of drug-likeness (QED) is 0.536. The van der Waals surface area contributed by atoms with Crippen molar-refractivity contribution < 1.29 is 9.53 Å². The lowest BCUT2D eigenvalue weighted by Crippen LogP contribution is -2.16. The first kappa shape index (κ1) is 18.7. The Bertz CT molecular complexity index is 1030. The summed E-state index contributed by atoms with van der Waals surface area (Å²) in [5.74, 6) is 0.347. The van der Waals surface area contributed by atoms with Gasteiger partial charge < -0.3 is 9.30 Å². The fourth-order valence-corrected chi connectivity index (χ4v) is 4.16. The average Bonchev–Trinajstić information content (AvgIpc) is 2.93. The number of halogens is 2. The SMILES string of the molecule is C=CCn1c(=NC(=O)c2cc(Cl)cc(Cl)c2)sc2cccc(OCC)c21. The monoisotopic (exact) mass is 406 g/mol. The van der Waals surface area contributed by atoms with Crippen LogP contribution in [0.25, 0.3) is 10.2 Å². The molecule has 3 rings (SSSR count). The minimum absolute atomic E-state index is 0.343. The van der Waals surface area contributed by atoms with Gasteiger partial charge in [0, 0.05) is 22.2 Å². The first-order valence-electron chi connectivity index (χ1n) is 7.94. The number of benzene rings is 2. The van der Waals surface area contributed by atoms with Crippen molar-refractivity contribution in [3.05, 3.63) is 69.5 Å². The molecule has 3 aromatic rings. The molecule has 0 aliphatic carbocycles. The number of thiazole rings is 1. The van der Waals surface area contributed by atoms with Gasteiger partial charge in [-0.1, -0.05) is 46.7 Å². The zero-order valence-electron chi connectivity index (χ0n) is 14.0. The van der Waals surface area contributed by atoms with Crippen LogP contribution in [0.2, 0.25) is 10.0 Å². The van der Waals surface area contributed by atoms with Crippen molar-refractivity contribution in [2.24, 2.45) is 4.99 Å². The van der Waals surface area contributed by atoms with Gasteiger partial charge in [0.15, 0.2) is 4.80 Å². The number of carbonyl (C=O) groups is 1. The van der Waals surface area contributed by atoms with Crippen molar-refractivity contribution in [2.45, 2.75) is 13.5 Å². The molecule has 0 fully saturated rings. The van der Waals surface area contributed by atoms with Gasteiger partial charge in [-0.2, -0.15) is 4.99 Å². The van der Waals surface area contributed by atoms with Gasteiger partial charge in [0.1, 0.15) is 11.3 Å². The second-order valence-electron chi connectivity index (χ2n) is 5.39. The van der Waals surface area contributed by atoms with Gasteiger partial charge in [-0.25, -0.2) is 0 Å². The van der Waals surface area contributed by atoms with E-state index < -0.39 is 5.91 Å². The topological polar surface area (TPSA) is 43.6 Å². The molecule has 1 aromatic heterocycles. The van der Waals surface area contributed by atoms with Crippen molar-refractivity contribution in [1.29, 1.82) is 0 Å². The first-order chi connectivity index (χ1) is 12.5. The van der Waals surface area contributed by atoms with E-state index in [-0.39, 0.29) is 0 Å². The zero-order valence-corrected chi connectivity index (χ0v) is 16.4. The molecular weight excluding hydrogens is 391 g/mol. The smallest absolute Gasteiger partial charge is 0.279 e. The highest BCUT2D eigenvalue weighted by Crippen LogP contribution is 2.28. The highest BCUT2D eigenvalue weighted by atomic mass is 35.5. The maximum atomic E-state index is 12.6. The predicted molar refractivity (Wildman–Crippen MR) is 108 cm³/mol. The lowest BCUT2D eigenvalue weighted by Gasteiger charge is -2.08. The van der Waals surface area contributed by atoms with Gasteiger partial charge in [-0.15, -0.1) is 6.58 Å². The van der Waals surface area contributed by atoms with Crippen molar-refractivity contribution in [3.8, 4) is 5.75 Å². The Morgan fingerprint density at radius 1 is 1.31 bits per heavy atom. The van der Waals surface area contributed by atoms with Gasteiger partial charge in [0.2, 0.25) is 0 Å². The number of hydrogen-bond donors (Lipinski definition) is 0. The van der Waals surface area contributed by atoms with Crippen LogP contribution in [-0.4, -0.2) is 17.1 Å². The van der Waals surface area contributed by atoms with Gasteiger partial charge >= 0.3 is 0 Å². The maximum absolute atomic E-state index is 12.6. The van der Waals surface area contributed by atoms with E-state index in [2.05, 4.69) is 11.6 Å². The molecule has 0 atom stereocenters. The standard InChI is InChI=1S/C19H16Cl2N2O2S/c1-3-8-23-17-15(25-4-2)6-5-7-16(17)26-19(23)22-18(24)12-9-13(20)11-14(21)10-12/h3,5-7,9-11H,1,4,8H2,2H3. The number of nitrogens with zero attached hydrogens (tertiary/aromatic N) is 2. The fourth-order valence-electron chi connectivity index (χ4n) is 2.58. The summed E-state index contributed by atoms with van der Waals surface area (Å²) in [6.07, 6.45) is 1.76. The summed E-state index contributed by atoms with van der Waals surface area (Å²) < 4.78 is 8.63. The van der Waals surface area contributed by atoms with Crippen LogP contribution in [0.15, 0.2) is 54.0 Å². The third-order valence-electron chi connectivity index (χ3n) is 3.58. The molecule has 0 radical (unpaired) electrons. The molecule has 0 saturated heterocycles. The fraction of sp³-hybridized carbons (Fsp3) is 0.158. The van der Waals surface area contributed by atoms with Crippen molar-refractivity contribution in [2.75, 3.05) is 6.61 Å². The van der Waals surface area contributed by atoms with Crippen LogP contribution < -0.4 is 9.54 Å². The predicted octanol–water partition coefficient (Wildman–Crippen LogP) is 5.34. The highest BCUT2D eigenvalue weighted by Gasteiger charge is 2.13. The lowest BCUT2D eigenvalue weighted by atomic mass is 10.2. The lowest BCUT2D eigenvalue weighted by molar-refractivity contribution is 0.0998. The second kappa shape index (κ2) is 8.08. The largest absolute Gasteiger partial charge is 0.492 e. The second-order valence-corrected chi connectivity index (χ2v) is 7.28. The van der Waals surface area contributed by atoms with Gasteiger partial charge in [0.25, 0.3) is 5.91 Å². The number of ether oxygens (including phenoxy) is 1. The van der Waals surface area contributed by atoms with E-state index in [0.717, 1.165) is 16.0 Å². The van der Waals surface area contributed by atoms with E-state index in [4.69, 9.17) is 27.9 Å². The van der Waals surface area contributed by atoms with E-state index >= 15 is 0 Å². The number of para-hydroxylation sites is 1. The molecule has 0 bridgehead atoms. The summed E-state index contributed by atoms with van der Waals surface area (Å²) >= 11 is 13.4. The Morgan fingerprint density at radius 3 is 2.69 bits per heavy atom. The number of allylic oxidation sites excluding steroid dienone is 1. The molecule has 0 N–H and O–H groups in total. The summed E-state index contributed by atoms with van der Waals surface area (Å²) in [7, 11) is 0. The number of aromatic nitrogens is 1. The van der Waals surface area contributed by atoms with Crippen molar-refractivity contribution in [1.82, 2.24) is 4.57 Å². The first-order valence-corrected chi connectivity index (χ1v) is 9.52. The number of rotatable bonds is 5. The molecule has 2 aromatic carbocycles. The van der Waals surface area contributed by atoms with Gasteiger partial charge in [-0.3, -0.25) is 4.79 Å². The van der Waals surface area contributed by atoms with Gasteiger partial charge in [0.05, 0.1) is 11.3 Å². The Labute approximate surface area is 165 Å². The Hall–Kier alpha value is -2.08. The van der Waals surface area contributed by atoms with E-state index in [1.807, 2.05) is 29.7 Å². The molecule has 1 heterocycles. The third kappa shape index (κ3) is 3.85. The number of carbonyl (C=O) groups excluding carboxylic acids is 1. The van der Waals surface area contributed by atoms with Crippen molar-refractivity contribution >= 4 is 50.7 Å². The highest BCUT2D eigenvalue weighted by molar-refractivity contribution is 7.16. The number of amides is 1. The Morgan fingerprint density at radius 2 is 2.04 bits per heavy atom. The summed E-state index contributed by atoms with van der Waals surface area (Å²) in [5, 5.41) is 0.787. The molecular formula is C19H16Cl2N2O2S. The summed E-state index contributed by atoms with van der Waals surface area (Å²) in [6.45, 7) is 6.79. The average molecular weight is 407 g/mol. The molecule has 0 saturated carbocycles. The summed E-state index contributed by atoms with van der Waals surface area (Å²) in [5.41, 5.74) is 1.24. The molecule has 4 nitrogen and oxygen atoms in total. The maximum Gasteiger partial charge on any atom is 0.279 e. The van der Waals surface area contributed by atoms with Crippen molar-refractivity contribution in [3.63, 3.8) is 0 Å². The number of hydrogen-bond acceptors (Lipinski definition) is 3.